The normalized spacial score (nSPS) is 13.6. The van der Waals surface area contributed by atoms with Gasteiger partial charge in [0.15, 0.2) is 6.61 Å². The second kappa shape index (κ2) is 11.0. The van der Waals surface area contributed by atoms with E-state index >= 15 is 0 Å². The summed E-state index contributed by atoms with van der Waals surface area (Å²) in [4.78, 5) is 36.1. The minimum absolute atomic E-state index is 0.169. The second-order valence-electron chi connectivity index (χ2n) is 6.45. The number of nitrogens with one attached hydrogen (secondary N) is 1. The van der Waals surface area contributed by atoms with Crippen LogP contribution in [-0.4, -0.2) is 49.0 Å². The molecule has 0 spiro atoms. The van der Waals surface area contributed by atoms with E-state index in [-0.39, 0.29) is 24.9 Å². The van der Waals surface area contributed by atoms with Crippen LogP contribution >= 0.6 is 0 Å². The van der Waals surface area contributed by atoms with E-state index in [0.717, 1.165) is 19.3 Å². The maximum Gasteiger partial charge on any atom is 0.312 e. The molecule has 1 aliphatic heterocycles. The molecule has 0 bridgehead atoms. The first-order valence-electron chi connectivity index (χ1n) is 9.27. The molecule has 0 saturated heterocycles. The quantitative estimate of drug-likeness (QED) is 0.511. The zero-order chi connectivity index (χ0) is 19.5. The van der Waals surface area contributed by atoms with E-state index < -0.39 is 6.03 Å². The summed E-state index contributed by atoms with van der Waals surface area (Å²) >= 11 is 0. The third kappa shape index (κ3) is 7.52. The van der Waals surface area contributed by atoms with Crippen molar-refractivity contribution in [3.05, 3.63) is 42.0 Å². The molecule has 0 radical (unpaired) electrons. The van der Waals surface area contributed by atoms with Crippen LogP contribution in [0, 0.1) is 0 Å². The Balaban J connectivity index is 1.61. The lowest BCUT2D eigenvalue weighted by Crippen LogP contribution is -2.37. The van der Waals surface area contributed by atoms with Gasteiger partial charge < -0.3 is 20.7 Å². The van der Waals surface area contributed by atoms with Crippen molar-refractivity contribution in [3.8, 4) is 0 Å². The van der Waals surface area contributed by atoms with Crippen molar-refractivity contribution >= 4 is 23.5 Å². The first kappa shape index (κ1) is 20.5. The molecule has 0 saturated carbocycles. The summed E-state index contributed by atoms with van der Waals surface area (Å²) in [6.45, 7) is 1.45. The highest BCUT2D eigenvalue weighted by Gasteiger charge is 2.19. The molecule has 7 heteroatoms. The minimum atomic E-state index is -0.545. The van der Waals surface area contributed by atoms with E-state index in [1.54, 1.807) is 4.90 Å². The number of ether oxygens (including phenoxy) is 1. The Morgan fingerprint density at radius 1 is 1.11 bits per heavy atom. The number of amides is 3. The number of rotatable bonds is 9. The van der Waals surface area contributed by atoms with Crippen LogP contribution < -0.4 is 11.1 Å². The molecule has 3 amide bonds. The van der Waals surface area contributed by atoms with Gasteiger partial charge in [-0.1, -0.05) is 42.8 Å². The monoisotopic (exact) mass is 373 g/mol. The predicted octanol–water partition coefficient (Wildman–Crippen LogP) is 2.07. The van der Waals surface area contributed by atoms with E-state index in [1.807, 2.05) is 18.2 Å². The fraction of sp³-hybridized carbons (Fsp3) is 0.450. The van der Waals surface area contributed by atoms with Crippen molar-refractivity contribution in [3.63, 3.8) is 0 Å². The van der Waals surface area contributed by atoms with Crippen molar-refractivity contribution in [2.24, 2.45) is 5.73 Å². The molecule has 1 aromatic rings. The van der Waals surface area contributed by atoms with Crippen LogP contribution in [-0.2, 0) is 14.3 Å². The van der Waals surface area contributed by atoms with Gasteiger partial charge in [-0.05, 0) is 30.4 Å². The van der Waals surface area contributed by atoms with Crippen LogP contribution in [0.5, 0.6) is 0 Å². The third-order valence-electron chi connectivity index (χ3n) is 4.42. The van der Waals surface area contributed by atoms with E-state index in [2.05, 4.69) is 23.5 Å². The van der Waals surface area contributed by atoms with Gasteiger partial charge in [-0.3, -0.25) is 9.59 Å². The largest absolute Gasteiger partial charge is 0.456 e. The Bertz CT molecular complexity index is 673. The fourth-order valence-electron chi connectivity index (χ4n) is 2.90. The molecule has 1 aromatic carbocycles. The summed E-state index contributed by atoms with van der Waals surface area (Å²) in [5.74, 6) is -0.541. The number of carbonyl (C=O) groups is 3. The maximum absolute atomic E-state index is 12.2. The van der Waals surface area contributed by atoms with Gasteiger partial charge in [0, 0.05) is 26.1 Å². The van der Waals surface area contributed by atoms with Crippen molar-refractivity contribution < 1.29 is 19.1 Å². The molecule has 1 heterocycles. The first-order valence-corrected chi connectivity index (χ1v) is 9.27. The number of carbonyl (C=O) groups excluding carboxylic acids is 3. The number of hydrogen-bond donors (Lipinski definition) is 2. The molecular weight excluding hydrogens is 346 g/mol. The number of unbranched alkanes of at least 4 members (excludes halogenated alkanes) is 2. The Hall–Kier alpha value is -2.83. The van der Waals surface area contributed by atoms with Gasteiger partial charge in [-0.2, -0.15) is 0 Å². The highest BCUT2D eigenvalue weighted by molar-refractivity contribution is 5.82. The summed E-state index contributed by atoms with van der Waals surface area (Å²) < 4.78 is 5.07. The van der Waals surface area contributed by atoms with Gasteiger partial charge in [-0.25, -0.2) is 4.79 Å². The SMILES string of the molecule is NC(=O)NCCCCCC(=O)OCC(=O)N1CC=C(c2ccccc2)CC1. The van der Waals surface area contributed by atoms with Crippen LogP contribution in [0.1, 0.15) is 37.7 Å². The van der Waals surface area contributed by atoms with Gasteiger partial charge in [0.1, 0.15) is 0 Å². The number of nitrogens with zero attached hydrogens (tertiary/aromatic N) is 1. The fourth-order valence-corrected chi connectivity index (χ4v) is 2.90. The highest BCUT2D eigenvalue weighted by Crippen LogP contribution is 2.21. The molecule has 2 rings (SSSR count). The van der Waals surface area contributed by atoms with Crippen LogP contribution in [0.4, 0.5) is 4.79 Å². The van der Waals surface area contributed by atoms with Gasteiger partial charge in [0.05, 0.1) is 0 Å². The molecule has 0 atom stereocenters. The average Bonchev–Trinajstić information content (AvgIpc) is 2.69. The molecule has 1 aliphatic rings. The number of benzene rings is 1. The van der Waals surface area contributed by atoms with Crippen molar-refractivity contribution in [2.45, 2.75) is 32.1 Å². The number of nitrogens with two attached hydrogens (primary N) is 1. The van der Waals surface area contributed by atoms with E-state index in [9.17, 15) is 14.4 Å². The van der Waals surface area contributed by atoms with Crippen LogP contribution in [0.15, 0.2) is 36.4 Å². The van der Waals surface area contributed by atoms with Crippen molar-refractivity contribution in [1.29, 1.82) is 0 Å². The summed E-state index contributed by atoms with van der Waals surface area (Å²) in [7, 11) is 0. The lowest BCUT2D eigenvalue weighted by molar-refractivity contribution is -0.152. The molecule has 0 unspecified atom stereocenters. The van der Waals surface area contributed by atoms with Crippen LogP contribution in [0.3, 0.4) is 0 Å². The van der Waals surface area contributed by atoms with Crippen LogP contribution in [0.2, 0.25) is 0 Å². The van der Waals surface area contributed by atoms with Crippen LogP contribution in [0.25, 0.3) is 5.57 Å². The molecular formula is C20H27N3O4. The molecule has 0 fully saturated rings. The van der Waals surface area contributed by atoms with E-state index in [4.69, 9.17) is 10.5 Å². The molecule has 0 aliphatic carbocycles. The number of urea groups is 1. The van der Waals surface area contributed by atoms with Crippen molar-refractivity contribution in [1.82, 2.24) is 10.2 Å². The smallest absolute Gasteiger partial charge is 0.312 e. The number of primary amides is 1. The average molecular weight is 373 g/mol. The van der Waals surface area contributed by atoms with Gasteiger partial charge in [-0.15, -0.1) is 0 Å². The zero-order valence-corrected chi connectivity index (χ0v) is 15.5. The lowest BCUT2D eigenvalue weighted by Gasteiger charge is -2.26. The topological polar surface area (TPSA) is 102 Å². The minimum Gasteiger partial charge on any atom is -0.456 e. The summed E-state index contributed by atoms with van der Waals surface area (Å²) in [5.41, 5.74) is 7.38. The number of esters is 1. The van der Waals surface area contributed by atoms with E-state index in [0.29, 0.717) is 26.1 Å². The first-order chi connectivity index (χ1) is 13.1. The Labute approximate surface area is 159 Å². The zero-order valence-electron chi connectivity index (χ0n) is 15.5. The Kier molecular flexibility index (Phi) is 8.35. The molecule has 27 heavy (non-hydrogen) atoms. The third-order valence-corrected chi connectivity index (χ3v) is 4.42. The number of hydrogen-bond acceptors (Lipinski definition) is 4. The molecule has 0 aromatic heterocycles. The standard InChI is InChI=1S/C20H27N3O4/c21-20(26)22-12-6-2-5-9-19(25)27-15-18(24)23-13-10-17(11-14-23)16-7-3-1-4-8-16/h1,3-4,7-8,10H,2,5-6,9,11-15H2,(H3,21,22,26). The maximum atomic E-state index is 12.2. The summed E-state index contributed by atoms with van der Waals surface area (Å²) in [6, 6.07) is 9.57. The second-order valence-corrected chi connectivity index (χ2v) is 6.45. The Morgan fingerprint density at radius 3 is 2.56 bits per heavy atom. The van der Waals surface area contributed by atoms with Gasteiger partial charge in [0.2, 0.25) is 0 Å². The Morgan fingerprint density at radius 2 is 1.89 bits per heavy atom. The summed E-state index contributed by atoms with van der Waals surface area (Å²) in [6.07, 6.45) is 5.30. The van der Waals surface area contributed by atoms with Crippen molar-refractivity contribution in [2.75, 3.05) is 26.2 Å². The predicted molar refractivity (Wildman–Crippen MR) is 103 cm³/mol. The molecule has 7 nitrogen and oxygen atoms in total. The van der Waals surface area contributed by atoms with Gasteiger partial charge in [0.25, 0.3) is 5.91 Å². The van der Waals surface area contributed by atoms with E-state index in [1.165, 1.54) is 11.1 Å². The lowest BCUT2D eigenvalue weighted by atomic mass is 10.00. The van der Waals surface area contributed by atoms with Gasteiger partial charge >= 0.3 is 12.0 Å². The summed E-state index contributed by atoms with van der Waals surface area (Å²) in [5, 5.41) is 2.49. The molecule has 146 valence electrons. The highest BCUT2D eigenvalue weighted by atomic mass is 16.5. The molecule has 3 N–H and O–H groups in total.